The zero-order valence-electron chi connectivity index (χ0n) is 24.8. The summed E-state index contributed by atoms with van der Waals surface area (Å²) in [5.41, 5.74) is 14.5. The van der Waals surface area contributed by atoms with Crippen LogP contribution in [0.3, 0.4) is 0 Å². The third-order valence-corrected chi connectivity index (χ3v) is 7.74. The fourth-order valence-corrected chi connectivity index (χ4v) is 5.38. The molecule has 0 saturated heterocycles. The largest absolute Gasteiger partial charge is 0.370 e. The maximum Gasteiger partial charge on any atom is 0.354 e. The van der Waals surface area contributed by atoms with E-state index in [4.69, 9.17) is 33.0 Å². The molecule has 5 aromatic rings. The highest BCUT2D eigenvalue weighted by molar-refractivity contribution is 6.31. The van der Waals surface area contributed by atoms with Gasteiger partial charge in [0.2, 0.25) is 6.39 Å². The molecule has 0 aliphatic rings. The Kier molecular flexibility index (Phi) is 10.2. The van der Waals surface area contributed by atoms with Crippen LogP contribution in [0, 0.1) is 11.2 Å². The summed E-state index contributed by atoms with van der Waals surface area (Å²) in [5.74, 6) is -0.0398. The summed E-state index contributed by atoms with van der Waals surface area (Å²) in [7, 11) is 0. The van der Waals surface area contributed by atoms with Crippen LogP contribution in [0.15, 0.2) is 64.4 Å². The molecule has 5 rings (SSSR count). The molecule has 0 fully saturated rings. The SMILES string of the molecule is C[C@H](N)CCCc1cc(Cl)c(F)c(-c2cc3cn(-c4ccc(CN[C@H](CCNC(=N)N)Cc5ncon5)cc4)c(=O)nc3[nH]2)c1. The van der Waals surface area contributed by atoms with Gasteiger partial charge in [0.15, 0.2) is 17.6 Å². The van der Waals surface area contributed by atoms with Crippen molar-refractivity contribution in [3.8, 4) is 16.9 Å². The van der Waals surface area contributed by atoms with Crippen molar-refractivity contribution in [2.75, 3.05) is 6.54 Å². The molecule has 3 aromatic heterocycles. The lowest BCUT2D eigenvalue weighted by molar-refractivity contribution is 0.399. The lowest BCUT2D eigenvalue weighted by Gasteiger charge is -2.18. The van der Waals surface area contributed by atoms with Crippen LogP contribution in [0.4, 0.5) is 4.39 Å². The summed E-state index contributed by atoms with van der Waals surface area (Å²) in [6.45, 7) is 3.02. The van der Waals surface area contributed by atoms with Gasteiger partial charge in [0.1, 0.15) is 5.65 Å². The second kappa shape index (κ2) is 14.5. The van der Waals surface area contributed by atoms with Gasteiger partial charge in [0, 0.05) is 48.7 Å². The van der Waals surface area contributed by atoms with Crippen LogP contribution in [-0.2, 0) is 19.4 Å². The molecule has 0 amide bonds. The van der Waals surface area contributed by atoms with Gasteiger partial charge in [-0.05, 0) is 74.1 Å². The molecule has 2 aromatic carbocycles. The summed E-state index contributed by atoms with van der Waals surface area (Å²) in [6, 6.07) is 12.8. The fourth-order valence-electron chi connectivity index (χ4n) is 5.13. The fraction of sp³-hybridized carbons (Fsp3) is 0.323. The summed E-state index contributed by atoms with van der Waals surface area (Å²) in [5, 5.41) is 18.3. The van der Waals surface area contributed by atoms with Crippen molar-refractivity contribution >= 4 is 28.6 Å². The van der Waals surface area contributed by atoms with E-state index in [-0.39, 0.29) is 23.1 Å². The molecule has 0 aliphatic heterocycles. The summed E-state index contributed by atoms with van der Waals surface area (Å²) in [4.78, 5) is 24.4. The quantitative estimate of drug-likeness (QED) is 0.0779. The van der Waals surface area contributed by atoms with Crippen LogP contribution >= 0.6 is 11.6 Å². The zero-order valence-corrected chi connectivity index (χ0v) is 25.6. The van der Waals surface area contributed by atoms with E-state index in [1.165, 1.54) is 11.0 Å². The van der Waals surface area contributed by atoms with Crippen LogP contribution in [-0.4, -0.2) is 49.3 Å². The number of aromatic amines is 1. The minimum Gasteiger partial charge on any atom is -0.370 e. The van der Waals surface area contributed by atoms with Crippen LogP contribution in [0.5, 0.6) is 0 Å². The Morgan fingerprint density at radius 3 is 2.71 bits per heavy atom. The Bertz CT molecular complexity index is 1800. The van der Waals surface area contributed by atoms with Crippen molar-refractivity contribution in [2.24, 2.45) is 11.5 Å². The minimum atomic E-state index is -0.534. The summed E-state index contributed by atoms with van der Waals surface area (Å²) < 4.78 is 21.4. The van der Waals surface area contributed by atoms with Gasteiger partial charge in [0.25, 0.3) is 0 Å². The second-order valence-corrected chi connectivity index (χ2v) is 11.5. The van der Waals surface area contributed by atoms with Crippen molar-refractivity contribution < 1.29 is 8.91 Å². The molecular weight excluding hydrogens is 599 g/mol. The maximum atomic E-state index is 15.1. The standard InChI is InChI=1S/C31H36ClFN10O2/c1-18(34)3-2-4-20-11-24(28(33)25(32)12-20)26-13-21-16-43(31(44)41-29(21)40-26)23-7-5-19(6-8-23)15-38-22(9-10-37-30(35)36)14-27-39-17-45-42-27/h5-8,11-13,16-18,22,38H,2-4,9-10,14-15,34H2,1H3,(H4,35,36,37)(H,40,41,44)/t18-,22+/m0/s1. The first-order chi connectivity index (χ1) is 21.7. The van der Waals surface area contributed by atoms with Crippen molar-refractivity contribution in [3.05, 3.63) is 93.3 Å². The Morgan fingerprint density at radius 2 is 2.00 bits per heavy atom. The number of nitrogens with two attached hydrogens (primary N) is 2. The Morgan fingerprint density at radius 1 is 1.20 bits per heavy atom. The number of aryl methyl sites for hydroxylation is 1. The third-order valence-electron chi connectivity index (χ3n) is 7.46. The Balaban J connectivity index is 1.31. The molecule has 0 bridgehead atoms. The number of rotatable bonds is 14. The number of hydrogen-bond donors (Lipinski definition) is 6. The molecular formula is C31H36ClFN10O2. The van der Waals surface area contributed by atoms with Gasteiger partial charge in [-0.25, -0.2) is 9.18 Å². The highest BCUT2D eigenvalue weighted by Crippen LogP contribution is 2.31. The average Bonchev–Trinajstić information content (AvgIpc) is 3.66. The number of H-pyrrole nitrogens is 1. The first-order valence-electron chi connectivity index (χ1n) is 14.7. The average molecular weight is 635 g/mol. The molecule has 12 nitrogen and oxygen atoms in total. The normalized spacial score (nSPS) is 12.8. The molecule has 0 aliphatic carbocycles. The van der Waals surface area contributed by atoms with Crippen molar-refractivity contribution in [3.63, 3.8) is 0 Å². The number of fused-ring (bicyclic) bond motifs is 1. The van der Waals surface area contributed by atoms with E-state index >= 15 is 4.39 Å². The Labute approximate surface area is 263 Å². The number of benzene rings is 2. The minimum absolute atomic E-state index is 0.00110. The lowest BCUT2D eigenvalue weighted by atomic mass is 10.0. The van der Waals surface area contributed by atoms with Crippen LogP contribution < -0.4 is 27.8 Å². The van der Waals surface area contributed by atoms with Crippen molar-refractivity contribution in [2.45, 2.75) is 57.7 Å². The molecule has 236 valence electrons. The number of nitrogens with zero attached hydrogens (tertiary/aromatic N) is 4. The summed E-state index contributed by atoms with van der Waals surface area (Å²) in [6.07, 6.45) is 6.64. The predicted octanol–water partition coefficient (Wildman–Crippen LogP) is 3.80. The summed E-state index contributed by atoms with van der Waals surface area (Å²) >= 11 is 6.24. The highest BCUT2D eigenvalue weighted by atomic mass is 35.5. The van der Waals surface area contributed by atoms with E-state index in [2.05, 4.69) is 30.7 Å². The zero-order chi connectivity index (χ0) is 31.9. The van der Waals surface area contributed by atoms with Gasteiger partial charge in [-0.2, -0.15) is 9.97 Å². The number of guanidine groups is 1. The molecule has 2 atom stereocenters. The van der Waals surface area contributed by atoms with Gasteiger partial charge >= 0.3 is 5.69 Å². The van der Waals surface area contributed by atoms with E-state index in [0.29, 0.717) is 59.7 Å². The first-order valence-corrected chi connectivity index (χ1v) is 15.1. The van der Waals surface area contributed by atoms with Crippen molar-refractivity contribution in [1.82, 2.24) is 35.3 Å². The molecule has 0 unspecified atom stereocenters. The smallest absolute Gasteiger partial charge is 0.354 e. The second-order valence-electron chi connectivity index (χ2n) is 11.1. The molecule has 45 heavy (non-hydrogen) atoms. The Hall–Kier alpha value is -4.59. The molecule has 0 saturated carbocycles. The highest BCUT2D eigenvalue weighted by Gasteiger charge is 2.16. The lowest BCUT2D eigenvalue weighted by Crippen LogP contribution is -2.37. The number of halogens is 2. The van der Waals surface area contributed by atoms with E-state index < -0.39 is 11.5 Å². The topological polar surface area (TPSA) is 190 Å². The number of aromatic nitrogens is 5. The number of nitrogens with one attached hydrogen (secondary N) is 4. The van der Waals surface area contributed by atoms with Gasteiger partial charge in [0.05, 0.1) is 16.4 Å². The van der Waals surface area contributed by atoms with E-state index in [0.717, 1.165) is 30.4 Å². The molecule has 0 radical (unpaired) electrons. The van der Waals surface area contributed by atoms with Gasteiger partial charge in [-0.1, -0.05) is 28.9 Å². The van der Waals surface area contributed by atoms with E-state index in [9.17, 15) is 4.79 Å². The van der Waals surface area contributed by atoms with Crippen LogP contribution in [0.25, 0.3) is 28.0 Å². The molecule has 14 heteroatoms. The van der Waals surface area contributed by atoms with Crippen molar-refractivity contribution in [1.29, 1.82) is 5.41 Å². The monoisotopic (exact) mass is 634 g/mol. The first kappa shape index (κ1) is 31.8. The molecule has 3 heterocycles. The number of hydrogen-bond acceptors (Lipinski definition) is 8. The van der Waals surface area contributed by atoms with E-state index in [1.807, 2.05) is 31.2 Å². The molecule has 8 N–H and O–H groups in total. The van der Waals surface area contributed by atoms with Crippen LogP contribution in [0.2, 0.25) is 5.02 Å². The van der Waals surface area contributed by atoms with Gasteiger partial charge < -0.3 is 31.6 Å². The molecule has 0 spiro atoms. The predicted molar refractivity (Wildman–Crippen MR) is 172 cm³/mol. The van der Waals surface area contributed by atoms with E-state index in [1.54, 1.807) is 24.4 Å². The maximum absolute atomic E-state index is 15.1. The van der Waals surface area contributed by atoms with Gasteiger partial charge in [-0.3, -0.25) is 9.98 Å². The third kappa shape index (κ3) is 8.32. The van der Waals surface area contributed by atoms with Crippen LogP contribution in [0.1, 0.15) is 43.1 Å². The van der Waals surface area contributed by atoms with Gasteiger partial charge in [-0.15, -0.1) is 0 Å².